The minimum absolute atomic E-state index is 0.0690. The summed E-state index contributed by atoms with van der Waals surface area (Å²) in [6.45, 7) is 1.93. The third kappa shape index (κ3) is 3.45. The van der Waals surface area contributed by atoms with E-state index in [9.17, 15) is 17.6 Å². The molecule has 0 saturated carbocycles. The number of anilines is 1. The Morgan fingerprint density at radius 2 is 2.04 bits per heavy atom. The molecule has 134 valence electrons. The number of rotatable bonds is 4. The quantitative estimate of drug-likeness (QED) is 0.889. The highest BCUT2D eigenvalue weighted by atomic mass is 32.2. The molecule has 1 aliphatic rings. The molecule has 0 unspecified atom stereocenters. The molecular formula is C18H16FN3O3S. The summed E-state index contributed by atoms with van der Waals surface area (Å²) in [5.41, 5.74) is 1.16. The summed E-state index contributed by atoms with van der Waals surface area (Å²) in [7, 11) is -3.94. The molecule has 0 bridgehead atoms. The van der Waals surface area contributed by atoms with Crippen LogP contribution in [0.15, 0.2) is 47.4 Å². The van der Waals surface area contributed by atoms with Crippen molar-refractivity contribution in [3.8, 4) is 6.07 Å². The van der Waals surface area contributed by atoms with Crippen LogP contribution in [0.1, 0.15) is 17.5 Å². The van der Waals surface area contributed by atoms with Gasteiger partial charge in [-0.3, -0.25) is 4.79 Å². The number of hydrogen-bond acceptors (Lipinski definition) is 4. The van der Waals surface area contributed by atoms with E-state index in [1.165, 1.54) is 41.3 Å². The summed E-state index contributed by atoms with van der Waals surface area (Å²) in [6.07, 6.45) is 0.298. The van der Waals surface area contributed by atoms with Crippen molar-refractivity contribution in [2.75, 3.05) is 11.4 Å². The van der Waals surface area contributed by atoms with E-state index in [0.29, 0.717) is 24.2 Å². The van der Waals surface area contributed by atoms with E-state index in [0.717, 1.165) is 0 Å². The zero-order valence-electron chi connectivity index (χ0n) is 13.9. The average Bonchev–Trinajstić information content (AvgIpc) is 2.97. The van der Waals surface area contributed by atoms with Gasteiger partial charge in [0.15, 0.2) is 0 Å². The monoisotopic (exact) mass is 373 g/mol. The van der Waals surface area contributed by atoms with Gasteiger partial charge in [0.05, 0.1) is 16.5 Å². The van der Waals surface area contributed by atoms with Crippen LogP contribution in [-0.2, 0) is 14.8 Å². The molecule has 2 aromatic rings. The lowest BCUT2D eigenvalue weighted by Crippen LogP contribution is -2.41. The first-order chi connectivity index (χ1) is 12.3. The fourth-order valence-corrected chi connectivity index (χ4v) is 4.10. The van der Waals surface area contributed by atoms with Crippen molar-refractivity contribution >= 4 is 21.6 Å². The van der Waals surface area contributed by atoms with Crippen molar-refractivity contribution in [1.29, 1.82) is 5.26 Å². The van der Waals surface area contributed by atoms with Gasteiger partial charge in [-0.25, -0.2) is 12.8 Å². The Kier molecular flexibility index (Phi) is 4.76. The highest BCUT2D eigenvalue weighted by Gasteiger charge is 2.35. The van der Waals surface area contributed by atoms with E-state index in [4.69, 9.17) is 5.26 Å². The predicted molar refractivity (Wildman–Crippen MR) is 93.4 cm³/mol. The van der Waals surface area contributed by atoms with Crippen LogP contribution in [0.5, 0.6) is 0 Å². The van der Waals surface area contributed by atoms with Crippen molar-refractivity contribution in [2.45, 2.75) is 24.3 Å². The van der Waals surface area contributed by atoms with Gasteiger partial charge in [0.2, 0.25) is 15.9 Å². The number of amides is 1. The van der Waals surface area contributed by atoms with Crippen LogP contribution in [0.4, 0.5) is 10.1 Å². The second-order valence-corrected chi connectivity index (χ2v) is 7.74. The van der Waals surface area contributed by atoms with Gasteiger partial charge in [0.1, 0.15) is 11.9 Å². The fourth-order valence-electron chi connectivity index (χ4n) is 2.83. The molecule has 1 atom stereocenters. The Hall–Kier alpha value is -2.76. The van der Waals surface area contributed by atoms with E-state index in [2.05, 4.69) is 4.72 Å². The third-order valence-electron chi connectivity index (χ3n) is 4.23. The first kappa shape index (κ1) is 18.0. The Morgan fingerprint density at radius 1 is 1.27 bits per heavy atom. The van der Waals surface area contributed by atoms with Gasteiger partial charge in [-0.05, 0) is 55.3 Å². The Balaban J connectivity index is 1.80. The van der Waals surface area contributed by atoms with Crippen LogP contribution in [-0.4, -0.2) is 26.9 Å². The molecule has 0 aromatic heterocycles. The molecule has 0 aliphatic carbocycles. The largest absolute Gasteiger partial charge is 0.311 e. The zero-order chi connectivity index (χ0) is 18.9. The standard InChI is InChI=1S/C18H16FN3O3S/c1-12-9-14(5-6-16(12)19)22-8-7-17(18(22)23)21-26(24,25)15-4-2-3-13(10-15)11-20/h2-6,9-10,17,21H,7-8H2,1H3/t17-/m0/s1. The minimum Gasteiger partial charge on any atom is -0.311 e. The third-order valence-corrected chi connectivity index (χ3v) is 5.70. The van der Waals surface area contributed by atoms with E-state index < -0.39 is 22.0 Å². The van der Waals surface area contributed by atoms with E-state index in [-0.39, 0.29) is 16.3 Å². The van der Waals surface area contributed by atoms with Crippen molar-refractivity contribution in [3.05, 3.63) is 59.4 Å². The maximum atomic E-state index is 13.4. The molecule has 26 heavy (non-hydrogen) atoms. The summed E-state index contributed by atoms with van der Waals surface area (Å²) in [5, 5.41) is 8.90. The van der Waals surface area contributed by atoms with Gasteiger partial charge in [-0.15, -0.1) is 0 Å². The SMILES string of the molecule is Cc1cc(N2CC[C@H](NS(=O)(=O)c3cccc(C#N)c3)C2=O)ccc1F. The highest BCUT2D eigenvalue weighted by molar-refractivity contribution is 7.89. The second kappa shape index (κ2) is 6.86. The van der Waals surface area contributed by atoms with Gasteiger partial charge in [-0.2, -0.15) is 9.98 Å². The number of halogens is 1. The van der Waals surface area contributed by atoms with Crippen molar-refractivity contribution in [2.24, 2.45) is 0 Å². The molecule has 1 heterocycles. The number of aryl methyl sites for hydroxylation is 1. The number of nitrogens with one attached hydrogen (secondary N) is 1. The molecule has 6 nitrogen and oxygen atoms in total. The maximum Gasteiger partial charge on any atom is 0.245 e. The lowest BCUT2D eigenvalue weighted by Gasteiger charge is -2.18. The molecule has 2 aromatic carbocycles. The van der Waals surface area contributed by atoms with Gasteiger partial charge >= 0.3 is 0 Å². The van der Waals surface area contributed by atoms with Gasteiger partial charge in [0.25, 0.3) is 0 Å². The number of benzene rings is 2. The Labute approximate surface area is 150 Å². The molecule has 1 N–H and O–H groups in total. The lowest BCUT2D eigenvalue weighted by molar-refractivity contribution is -0.118. The molecule has 1 fully saturated rings. The molecule has 3 rings (SSSR count). The Morgan fingerprint density at radius 3 is 2.73 bits per heavy atom. The fraction of sp³-hybridized carbons (Fsp3) is 0.222. The highest BCUT2D eigenvalue weighted by Crippen LogP contribution is 2.24. The average molecular weight is 373 g/mol. The normalized spacial score (nSPS) is 17.3. The summed E-state index contributed by atoms with van der Waals surface area (Å²) >= 11 is 0. The molecule has 1 saturated heterocycles. The van der Waals surface area contributed by atoms with Gasteiger partial charge in [-0.1, -0.05) is 6.07 Å². The van der Waals surface area contributed by atoms with E-state index >= 15 is 0 Å². The summed E-state index contributed by atoms with van der Waals surface area (Å²) in [4.78, 5) is 14.0. The molecule has 0 radical (unpaired) electrons. The summed E-state index contributed by atoms with van der Waals surface area (Å²) in [5.74, 6) is -0.758. The van der Waals surface area contributed by atoms with E-state index in [1.54, 1.807) is 13.0 Å². The number of hydrogen-bond donors (Lipinski definition) is 1. The van der Waals surface area contributed by atoms with Crippen LogP contribution in [0.3, 0.4) is 0 Å². The summed E-state index contributed by atoms with van der Waals surface area (Å²) < 4.78 is 40.8. The van der Waals surface area contributed by atoms with Crippen LogP contribution in [0.2, 0.25) is 0 Å². The minimum atomic E-state index is -3.94. The van der Waals surface area contributed by atoms with Gasteiger partial charge in [0, 0.05) is 12.2 Å². The van der Waals surface area contributed by atoms with Crippen LogP contribution >= 0.6 is 0 Å². The van der Waals surface area contributed by atoms with Crippen LogP contribution in [0, 0.1) is 24.1 Å². The van der Waals surface area contributed by atoms with E-state index in [1.807, 2.05) is 6.07 Å². The Bertz CT molecular complexity index is 1010. The molecule has 0 spiro atoms. The number of carbonyl (C=O) groups is 1. The second-order valence-electron chi connectivity index (χ2n) is 6.03. The first-order valence-electron chi connectivity index (χ1n) is 7.92. The van der Waals surface area contributed by atoms with Crippen LogP contribution in [0.25, 0.3) is 0 Å². The number of sulfonamides is 1. The maximum absolute atomic E-state index is 13.4. The molecule has 1 aliphatic heterocycles. The predicted octanol–water partition coefficient (Wildman–Crippen LogP) is 2.09. The first-order valence-corrected chi connectivity index (χ1v) is 9.40. The lowest BCUT2D eigenvalue weighted by atomic mass is 10.2. The molecular weight excluding hydrogens is 357 g/mol. The zero-order valence-corrected chi connectivity index (χ0v) is 14.8. The van der Waals surface area contributed by atoms with Crippen LogP contribution < -0.4 is 9.62 Å². The van der Waals surface area contributed by atoms with Crippen molar-refractivity contribution in [3.63, 3.8) is 0 Å². The summed E-state index contributed by atoms with van der Waals surface area (Å²) in [6, 6.07) is 10.9. The number of carbonyl (C=O) groups excluding carboxylic acids is 1. The van der Waals surface area contributed by atoms with Crippen molar-refractivity contribution in [1.82, 2.24) is 4.72 Å². The van der Waals surface area contributed by atoms with Crippen molar-refractivity contribution < 1.29 is 17.6 Å². The topological polar surface area (TPSA) is 90.3 Å². The number of nitrogens with zero attached hydrogens (tertiary/aromatic N) is 2. The molecule has 8 heteroatoms. The van der Waals surface area contributed by atoms with Gasteiger partial charge < -0.3 is 4.90 Å². The number of nitriles is 1. The smallest absolute Gasteiger partial charge is 0.245 e. The molecule has 1 amide bonds.